The first-order chi connectivity index (χ1) is 17.4. The minimum absolute atomic E-state index is 0.197. The summed E-state index contributed by atoms with van der Waals surface area (Å²) >= 11 is 1.27. The molecule has 3 aromatic carbocycles. The van der Waals surface area contributed by atoms with Gasteiger partial charge in [0.2, 0.25) is 5.91 Å². The fourth-order valence-electron chi connectivity index (χ4n) is 4.04. The van der Waals surface area contributed by atoms with Crippen molar-refractivity contribution in [3.05, 3.63) is 89.0 Å². The van der Waals surface area contributed by atoms with Crippen LogP contribution in [0.25, 0.3) is 11.4 Å². The molecule has 0 fully saturated rings. The predicted molar refractivity (Wildman–Crippen MR) is 137 cm³/mol. The first kappa shape index (κ1) is 23.5. The number of nitrogens with one attached hydrogen (secondary N) is 1. The van der Waals surface area contributed by atoms with Crippen molar-refractivity contribution in [2.24, 2.45) is 7.05 Å². The van der Waals surface area contributed by atoms with Crippen molar-refractivity contribution in [2.75, 3.05) is 12.4 Å². The van der Waals surface area contributed by atoms with E-state index in [1.165, 1.54) is 11.8 Å². The van der Waals surface area contributed by atoms with Gasteiger partial charge in [0.25, 0.3) is 0 Å². The fraction of sp³-hybridized carbons (Fsp3) is 0.148. The molecule has 4 aromatic rings. The molecule has 1 aromatic heterocycles. The number of aromatic nitrogens is 3. The zero-order valence-corrected chi connectivity index (χ0v) is 20.6. The smallest absolute Gasteiger partial charge is 0.237 e. The van der Waals surface area contributed by atoms with Crippen molar-refractivity contribution in [2.45, 2.75) is 17.3 Å². The second-order valence-electron chi connectivity index (χ2n) is 8.31. The van der Waals surface area contributed by atoms with Crippen molar-refractivity contribution in [3.8, 4) is 17.1 Å². The highest BCUT2D eigenvalue weighted by Crippen LogP contribution is 2.30. The Labute approximate surface area is 211 Å². The Morgan fingerprint density at radius 2 is 1.56 bits per heavy atom. The van der Waals surface area contributed by atoms with Crippen molar-refractivity contribution in [1.29, 1.82) is 0 Å². The first-order valence-electron chi connectivity index (χ1n) is 11.2. The number of ketones is 2. The molecule has 180 valence electrons. The maximum Gasteiger partial charge on any atom is 0.237 e. The van der Waals surface area contributed by atoms with Crippen molar-refractivity contribution < 1.29 is 19.1 Å². The summed E-state index contributed by atoms with van der Waals surface area (Å²) in [5.74, 6) is 0.730. The molecule has 1 N–H and O–H groups in total. The summed E-state index contributed by atoms with van der Waals surface area (Å²) in [7, 11) is 3.45. The normalized spacial score (nSPS) is 13.1. The number of benzene rings is 3. The summed E-state index contributed by atoms with van der Waals surface area (Å²) in [6.07, 6.45) is 0. The highest BCUT2D eigenvalue weighted by atomic mass is 32.2. The van der Waals surface area contributed by atoms with E-state index >= 15 is 0 Å². The minimum atomic E-state index is -0.495. The summed E-state index contributed by atoms with van der Waals surface area (Å²) in [5.41, 5.74) is 2.72. The standard InChI is InChI=1S/C27H22N4O4S/c1-15(36-27-30-29-25(31(27)2)16-8-11-18(35-3)12-9-16)26(34)28-17-10-13-21-22(14-17)24(33)20-7-5-4-6-19(20)23(21)32/h4-15H,1-3H3,(H,28,34). The monoisotopic (exact) mass is 498 g/mol. The van der Waals surface area contributed by atoms with E-state index in [1.54, 1.807) is 56.5 Å². The number of carbonyl (C=O) groups is 3. The lowest BCUT2D eigenvalue weighted by Gasteiger charge is -2.18. The number of amides is 1. The van der Waals surface area contributed by atoms with E-state index in [-0.39, 0.29) is 23.0 Å². The lowest BCUT2D eigenvalue weighted by molar-refractivity contribution is -0.115. The van der Waals surface area contributed by atoms with Crippen LogP contribution in [0.15, 0.2) is 71.9 Å². The van der Waals surface area contributed by atoms with Crippen LogP contribution in [-0.4, -0.2) is 44.6 Å². The Balaban J connectivity index is 1.30. The van der Waals surface area contributed by atoms with Gasteiger partial charge < -0.3 is 14.6 Å². The summed E-state index contributed by atoms with van der Waals surface area (Å²) < 4.78 is 7.03. The number of nitrogens with zero attached hydrogens (tertiary/aromatic N) is 3. The Morgan fingerprint density at radius 1 is 0.917 bits per heavy atom. The van der Waals surface area contributed by atoms with Crippen LogP contribution in [0.2, 0.25) is 0 Å². The SMILES string of the molecule is COc1ccc(-c2nnc(SC(C)C(=O)Nc3ccc4c(c3)C(=O)c3ccccc3C4=O)n2C)cc1. The molecule has 36 heavy (non-hydrogen) atoms. The second kappa shape index (κ2) is 9.43. The van der Waals surface area contributed by atoms with E-state index < -0.39 is 5.25 Å². The van der Waals surface area contributed by atoms with Crippen molar-refractivity contribution in [3.63, 3.8) is 0 Å². The van der Waals surface area contributed by atoms with Crippen LogP contribution in [0, 0.1) is 0 Å². The quantitative estimate of drug-likeness (QED) is 0.347. The molecule has 1 amide bonds. The molecule has 1 atom stereocenters. The highest BCUT2D eigenvalue weighted by molar-refractivity contribution is 8.00. The average Bonchev–Trinajstić information content (AvgIpc) is 3.26. The number of hydrogen-bond acceptors (Lipinski definition) is 7. The number of ether oxygens (including phenoxy) is 1. The molecule has 0 spiro atoms. The molecule has 5 rings (SSSR count). The third-order valence-corrected chi connectivity index (χ3v) is 7.16. The van der Waals surface area contributed by atoms with Gasteiger partial charge in [0.1, 0.15) is 5.75 Å². The third kappa shape index (κ3) is 4.18. The van der Waals surface area contributed by atoms with Gasteiger partial charge in [-0.15, -0.1) is 10.2 Å². The zero-order chi connectivity index (χ0) is 25.4. The summed E-state index contributed by atoms with van der Waals surface area (Å²) in [6, 6.07) is 19.0. The topological polar surface area (TPSA) is 103 Å². The predicted octanol–water partition coefficient (Wildman–Crippen LogP) is 4.39. The maximum atomic E-state index is 13.0. The lowest BCUT2D eigenvalue weighted by atomic mass is 9.84. The number of thioether (sulfide) groups is 1. The molecule has 9 heteroatoms. The van der Waals surface area contributed by atoms with Crippen LogP contribution >= 0.6 is 11.8 Å². The lowest BCUT2D eigenvalue weighted by Crippen LogP contribution is -2.24. The van der Waals surface area contributed by atoms with E-state index in [0.29, 0.717) is 33.4 Å². The maximum absolute atomic E-state index is 13.0. The first-order valence-corrected chi connectivity index (χ1v) is 12.1. The van der Waals surface area contributed by atoms with E-state index in [0.717, 1.165) is 11.3 Å². The number of carbonyl (C=O) groups excluding carboxylic acids is 3. The minimum Gasteiger partial charge on any atom is -0.497 e. The van der Waals surface area contributed by atoms with Gasteiger partial charge in [0.05, 0.1) is 12.4 Å². The largest absolute Gasteiger partial charge is 0.497 e. The molecule has 0 radical (unpaired) electrons. The Morgan fingerprint density at radius 3 is 2.22 bits per heavy atom. The van der Waals surface area contributed by atoms with E-state index in [1.807, 2.05) is 35.9 Å². The molecule has 1 aliphatic rings. The molecule has 0 bridgehead atoms. The molecule has 0 saturated carbocycles. The van der Waals surface area contributed by atoms with Gasteiger partial charge in [0.15, 0.2) is 22.5 Å². The molecule has 8 nitrogen and oxygen atoms in total. The number of anilines is 1. The number of hydrogen-bond donors (Lipinski definition) is 1. The molecule has 1 unspecified atom stereocenters. The third-order valence-electron chi connectivity index (χ3n) is 6.03. The van der Waals surface area contributed by atoms with Gasteiger partial charge in [-0.05, 0) is 49.4 Å². The number of methoxy groups -OCH3 is 1. The van der Waals surface area contributed by atoms with Gasteiger partial charge in [-0.25, -0.2) is 0 Å². The fourth-order valence-corrected chi connectivity index (χ4v) is 4.86. The molecule has 1 aliphatic carbocycles. The Bertz CT molecular complexity index is 1510. The summed E-state index contributed by atoms with van der Waals surface area (Å²) in [5, 5.41) is 11.5. The highest BCUT2D eigenvalue weighted by Gasteiger charge is 2.29. The van der Waals surface area contributed by atoms with E-state index in [2.05, 4.69) is 15.5 Å². The van der Waals surface area contributed by atoms with Crippen LogP contribution in [0.3, 0.4) is 0 Å². The molecule has 0 saturated heterocycles. The van der Waals surface area contributed by atoms with Gasteiger partial charge >= 0.3 is 0 Å². The van der Waals surface area contributed by atoms with Gasteiger partial charge in [0, 0.05) is 40.6 Å². The second-order valence-corrected chi connectivity index (χ2v) is 9.62. The number of rotatable bonds is 6. The molecule has 1 heterocycles. The Hall–Kier alpha value is -4.24. The average molecular weight is 499 g/mol. The van der Waals surface area contributed by atoms with Crippen LogP contribution in [-0.2, 0) is 11.8 Å². The summed E-state index contributed by atoms with van der Waals surface area (Å²) in [4.78, 5) is 38.7. The van der Waals surface area contributed by atoms with Crippen LogP contribution in [0.4, 0.5) is 5.69 Å². The van der Waals surface area contributed by atoms with E-state index in [4.69, 9.17) is 4.74 Å². The van der Waals surface area contributed by atoms with Crippen LogP contribution < -0.4 is 10.1 Å². The summed E-state index contributed by atoms with van der Waals surface area (Å²) in [6.45, 7) is 1.77. The van der Waals surface area contributed by atoms with Gasteiger partial charge in [-0.1, -0.05) is 36.0 Å². The van der Waals surface area contributed by atoms with Crippen LogP contribution in [0.5, 0.6) is 5.75 Å². The van der Waals surface area contributed by atoms with Crippen LogP contribution in [0.1, 0.15) is 38.8 Å². The Kier molecular flexibility index (Phi) is 6.15. The molecular weight excluding hydrogens is 476 g/mol. The van der Waals surface area contributed by atoms with Gasteiger partial charge in [-0.3, -0.25) is 14.4 Å². The van der Waals surface area contributed by atoms with E-state index in [9.17, 15) is 14.4 Å². The van der Waals surface area contributed by atoms with Gasteiger partial charge in [-0.2, -0.15) is 0 Å². The molecular formula is C27H22N4O4S. The zero-order valence-electron chi connectivity index (χ0n) is 19.8. The molecule has 0 aliphatic heterocycles. The van der Waals surface area contributed by atoms with Crippen molar-refractivity contribution >= 4 is 34.9 Å². The van der Waals surface area contributed by atoms with Crippen molar-refractivity contribution in [1.82, 2.24) is 14.8 Å². The number of fused-ring (bicyclic) bond motifs is 2.